The minimum absolute atomic E-state index is 0.141. The van der Waals surface area contributed by atoms with Gasteiger partial charge in [0.05, 0.1) is 0 Å². The molecule has 82 valence electrons. The van der Waals surface area contributed by atoms with Crippen LogP contribution in [0.25, 0.3) is 0 Å². The zero-order valence-corrected chi connectivity index (χ0v) is 9.29. The summed E-state index contributed by atoms with van der Waals surface area (Å²) in [7, 11) is 0. The number of allylic oxidation sites excluding steroid dienone is 2. The first-order chi connectivity index (χ1) is 7.25. The van der Waals surface area contributed by atoms with Crippen molar-refractivity contribution in [2.24, 2.45) is 17.8 Å². The zero-order valence-electron chi connectivity index (χ0n) is 9.29. The number of carbonyl (C=O) groups excluding carboxylic acids is 1. The number of ether oxygens (including phenoxy) is 1. The molecule has 3 atom stereocenters. The van der Waals surface area contributed by atoms with Crippen LogP contribution < -0.4 is 0 Å². The van der Waals surface area contributed by atoms with Gasteiger partial charge in [0.1, 0.15) is 5.76 Å². The SMILES string of the molecule is CC(=O)OC1=C2CC(C1)C1CCCCC21. The summed E-state index contributed by atoms with van der Waals surface area (Å²) in [6.07, 6.45) is 7.78. The third-order valence-corrected chi connectivity index (χ3v) is 4.43. The molecule has 2 heteroatoms. The van der Waals surface area contributed by atoms with Crippen LogP contribution in [0.4, 0.5) is 0 Å². The quantitative estimate of drug-likeness (QED) is 0.616. The van der Waals surface area contributed by atoms with Crippen molar-refractivity contribution in [1.82, 2.24) is 0 Å². The minimum Gasteiger partial charge on any atom is -0.431 e. The van der Waals surface area contributed by atoms with Gasteiger partial charge in [0.15, 0.2) is 0 Å². The van der Waals surface area contributed by atoms with E-state index in [0.29, 0.717) is 0 Å². The predicted octanol–water partition coefficient (Wildman–Crippen LogP) is 3.03. The standard InChI is InChI=1S/C13H18O2/c1-8(14)15-13-7-9-6-12(13)11-5-3-2-4-10(9)11/h9-11H,2-7H2,1H3. The molecule has 0 heterocycles. The molecule has 0 radical (unpaired) electrons. The van der Waals surface area contributed by atoms with Gasteiger partial charge in [0.2, 0.25) is 0 Å². The number of hydrogen-bond acceptors (Lipinski definition) is 2. The van der Waals surface area contributed by atoms with Gasteiger partial charge in [0.25, 0.3) is 0 Å². The van der Waals surface area contributed by atoms with E-state index in [-0.39, 0.29) is 5.97 Å². The lowest BCUT2D eigenvalue weighted by Crippen LogP contribution is -2.24. The molecular formula is C13H18O2. The average Bonchev–Trinajstić information content (AvgIpc) is 2.75. The molecule has 2 nitrogen and oxygen atoms in total. The Morgan fingerprint density at radius 1 is 1.27 bits per heavy atom. The Kier molecular flexibility index (Phi) is 2.11. The fourth-order valence-electron chi connectivity index (χ4n) is 3.94. The molecule has 0 saturated heterocycles. The van der Waals surface area contributed by atoms with Crippen molar-refractivity contribution in [3.63, 3.8) is 0 Å². The van der Waals surface area contributed by atoms with Crippen LogP contribution in [-0.2, 0) is 9.53 Å². The lowest BCUT2D eigenvalue weighted by Gasteiger charge is -2.33. The van der Waals surface area contributed by atoms with Gasteiger partial charge in [-0.05, 0) is 42.6 Å². The second-order valence-corrected chi connectivity index (χ2v) is 5.27. The topological polar surface area (TPSA) is 26.3 Å². The molecule has 0 aromatic rings. The summed E-state index contributed by atoms with van der Waals surface area (Å²) >= 11 is 0. The number of fused-ring (bicyclic) bond motifs is 5. The number of esters is 1. The fourth-order valence-corrected chi connectivity index (χ4v) is 3.94. The van der Waals surface area contributed by atoms with Gasteiger partial charge in [-0.2, -0.15) is 0 Å². The molecule has 3 rings (SSSR count). The molecular weight excluding hydrogens is 188 g/mol. The second-order valence-electron chi connectivity index (χ2n) is 5.27. The maximum absolute atomic E-state index is 11.0. The zero-order chi connectivity index (χ0) is 10.4. The lowest BCUT2D eigenvalue weighted by atomic mass is 9.73. The van der Waals surface area contributed by atoms with Crippen molar-refractivity contribution in [3.8, 4) is 0 Å². The van der Waals surface area contributed by atoms with Crippen LogP contribution in [0.1, 0.15) is 45.4 Å². The van der Waals surface area contributed by atoms with Crippen LogP contribution in [0.5, 0.6) is 0 Å². The molecule has 0 aromatic carbocycles. The van der Waals surface area contributed by atoms with E-state index in [0.717, 1.165) is 29.9 Å². The van der Waals surface area contributed by atoms with Crippen LogP contribution in [0, 0.1) is 17.8 Å². The first-order valence-electron chi connectivity index (χ1n) is 6.16. The van der Waals surface area contributed by atoms with Crippen LogP contribution in [-0.4, -0.2) is 5.97 Å². The van der Waals surface area contributed by atoms with Crippen molar-refractivity contribution in [3.05, 3.63) is 11.3 Å². The van der Waals surface area contributed by atoms with Gasteiger partial charge < -0.3 is 4.74 Å². The van der Waals surface area contributed by atoms with E-state index in [2.05, 4.69) is 0 Å². The highest BCUT2D eigenvalue weighted by molar-refractivity contribution is 5.67. The monoisotopic (exact) mass is 206 g/mol. The Balaban J connectivity index is 1.84. The highest BCUT2D eigenvalue weighted by atomic mass is 16.5. The van der Waals surface area contributed by atoms with E-state index in [1.54, 1.807) is 0 Å². The molecule has 2 bridgehead atoms. The van der Waals surface area contributed by atoms with E-state index < -0.39 is 0 Å². The molecule has 3 unspecified atom stereocenters. The smallest absolute Gasteiger partial charge is 0.307 e. The molecule has 0 amide bonds. The van der Waals surface area contributed by atoms with Gasteiger partial charge in [-0.25, -0.2) is 0 Å². The summed E-state index contributed by atoms with van der Waals surface area (Å²) < 4.78 is 5.33. The first kappa shape index (κ1) is 9.44. The summed E-state index contributed by atoms with van der Waals surface area (Å²) in [6, 6.07) is 0. The second kappa shape index (κ2) is 3.36. The third-order valence-electron chi connectivity index (χ3n) is 4.43. The molecule has 2 saturated carbocycles. The summed E-state index contributed by atoms with van der Waals surface area (Å²) in [5.41, 5.74) is 1.50. The predicted molar refractivity (Wildman–Crippen MR) is 57.0 cm³/mol. The fraction of sp³-hybridized carbons (Fsp3) is 0.769. The normalized spacial score (nSPS) is 38.1. The molecule has 2 fully saturated rings. The molecule has 0 aromatic heterocycles. The van der Waals surface area contributed by atoms with Gasteiger partial charge in [-0.1, -0.05) is 12.8 Å². The molecule has 15 heavy (non-hydrogen) atoms. The van der Waals surface area contributed by atoms with Crippen molar-refractivity contribution in [1.29, 1.82) is 0 Å². The lowest BCUT2D eigenvalue weighted by molar-refractivity contribution is -0.137. The minimum atomic E-state index is -0.141. The van der Waals surface area contributed by atoms with Gasteiger partial charge >= 0.3 is 5.97 Å². The Hall–Kier alpha value is -0.790. The largest absolute Gasteiger partial charge is 0.431 e. The van der Waals surface area contributed by atoms with Crippen LogP contribution in [0.2, 0.25) is 0 Å². The van der Waals surface area contributed by atoms with Gasteiger partial charge in [0, 0.05) is 13.3 Å². The molecule has 3 aliphatic rings. The summed E-state index contributed by atoms with van der Waals surface area (Å²) in [6.45, 7) is 1.51. The van der Waals surface area contributed by atoms with Gasteiger partial charge in [-0.3, -0.25) is 4.79 Å². The van der Waals surface area contributed by atoms with Crippen LogP contribution in [0.15, 0.2) is 11.3 Å². The van der Waals surface area contributed by atoms with Crippen molar-refractivity contribution in [2.45, 2.75) is 45.4 Å². The summed E-state index contributed by atoms with van der Waals surface area (Å²) in [4.78, 5) is 11.0. The van der Waals surface area contributed by atoms with Crippen LogP contribution >= 0.6 is 0 Å². The highest BCUT2D eigenvalue weighted by Crippen LogP contribution is 2.56. The van der Waals surface area contributed by atoms with Gasteiger partial charge in [-0.15, -0.1) is 0 Å². The Labute approximate surface area is 90.7 Å². The Morgan fingerprint density at radius 3 is 2.87 bits per heavy atom. The summed E-state index contributed by atoms with van der Waals surface area (Å²) in [5, 5.41) is 0. The van der Waals surface area contributed by atoms with Crippen molar-refractivity contribution >= 4 is 5.97 Å². The molecule has 0 aliphatic heterocycles. The maximum Gasteiger partial charge on any atom is 0.307 e. The highest BCUT2D eigenvalue weighted by Gasteiger charge is 2.47. The molecule has 0 N–H and O–H groups in total. The molecule has 3 aliphatic carbocycles. The van der Waals surface area contributed by atoms with Crippen molar-refractivity contribution < 1.29 is 9.53 Å². The van der Waals surface area contributed by atoms with E-state index in [9.17, 15) is 4.79 Å². The summed E-state index contributed by atoms with van der Waals surface area (Å²) in [5.74, 6) is 3.40. The number of hydrogen-bond donors (Lipinski definition) is 0. The average molecular weight is 206 g/mol. The van der Waals surface area contributed by atoms with Crippen LogP contribution in [0.3, 0.4) is 0 Å². The van der Waals surface area contributed by atoms with E-state index in [1.807, 2.05) is 0 Å². The van der Waals surface area contributed by atoms with E-state index in [4.69, 9.17) is 4.74 Å². The Bertz CT molecular complexity index is 329. The maximum atomic E-state index is 11.0. The Morgan fingerprint density at radius 2 is 2.07 bits per heavy atom. The number of rotatable bonds is 1. The molecule has 0 spiro atoms. The van der Waals surface area contributed by atoms with E-state index in [1.165, 1.54) is 44.6 Å². The number of carbonyl (C=O) groups is 1. The first-order valence-corrected chi connectivity index (χ1v) is 6.16. The third kappa shape index (κ3) is 1.42. The van der Waals surface area contributed by atoms with E-state index >= 15 is 0 Å². The van der Waals surface area contributed by atoms with Crippen molar-refractivity contribution in [2.75, 3.05) is 0 Å².